The number of rotatable bonds is 6. The molecule has 0 saturated heterocycles. The van der Waals surface area contributed by atoms with Gasteiger partial charge in [-0.1, -0.05) is 37.3 Å². The van der Waals surface area contributed by atoms with Gasteiger partial charge in [0.15, 0.2) is 11.7 Å². The summed E-state index contributed by atoms with van der Waals surface area (Å²) in [6.07, 6.45) is -0.0178. The lowest BCUT2D eigenvalue weighted by Gasteiger charge is -2.17. The summed E-state index contributed by atoms with van der Waals surface area (Å²) in [5, 5.41) is 9.02. The highest BCUT2D eigenvalue weighted by Gasteiger charge is 2.34. The molecule has 1 aromatic carbocycles. The topological polar surface area (TPSA) is 80.7 Å². The second kappa shape index (κ2) is 6.68. The van der Waals surface area contributed by atoms with Crippen LogP contribution in [0.1, 0.15) is 23.7 Å². The average Bonchev–Trinajstić information content (AvgIpc) is 2.39. The van der Waals surface area contributed by atoms with Crippen molar-refractivity contribution in [2.75, 3.05) is 7.11 Å². The maximum atomic E-state index is 11.9. The normalized spacial score (nSPS) is 13.4. The minimum Gasteiger partial charge on any atom is -0.481 e. The highest BCUT2D eigenvalue weighted by molar-refractivity contribution is 5.98. The van der Waals surface area contributed by atoms with Crippen LogP contribution in [-0.4, -0.2) is 29.9 Å². The van der Waals surface area contributed by atoms with E-state index in [1.807, 2.05) is 0 Å². The summed E-state index contributed by atoms with van der Waals surface area (Å²) in [6, 6.07) is 8.56. The smallest absolute Gasteiger partial charge is 0.320 e. The van der Waals surface area contributed by atoms with Crippen molar-refractivity contribution in [2.24, 2.45) is 11.8 Å². The van der Waals surface area contributed by atoms with Gasteiger partial charge in [-0.3, -0.25) is 14.4 Å². The Morgan fingerprint density at radius 1 is 1.21 bits per heavy atom. The van der Waals surface area contributed by atoms with Crippen molar-refractivity contribution in [3.05, 3.63) is 35.9 Å². The second-order valence-corrected chi connectivity index (χ2v) is 4.31. The molecule has 19 heavy (non-hydrogen) atoms. The van der Waals surface area contributed by atoms with Crippen LogP contribution in [0.3, 0.4) is 0 Å². The third-order valence-corrected chi connectivity index (χ3v) is 2.89. The van der Waals surface area contributed by atoms with Crippen molar-refractivity contribution in [3.63, 3.8) is 0 Å². The fourth-order valence-corrected chi connectivity index (χ4v) is 1.86. The van der Waals surface area contributed by atoms with E-state index in [0.717, 1.165) is 7.11 Å². The van der Waals surface area contributed by atoms with Gasteiger partial charge in [0.2, 0.25) is 0 Å². The molecule has 5 nitrogen and oxygen atoms in total. The zero-order chi connectivity index (χ0) is 14.4. The molecule has 0 amide bonds. The molecule has 0 fully saturated rings. The minimum atomic E-state index is -1.32. The van der Waals surface area contributed by atoms with Gasteiger partial charge in [-0.2, -0.15) is 0 Å². The molecule has 2 atom stereocenters. The third-order valence-electron chi connectivity index (χ3n) is 2.89. The number of ketones is 1. The maximum absolute atomic E-state index is 11.9. The molecule has 0 aliphatic carbocycles. The molecule has 0 saturated carbocycles. The molecule has 0 radical (unpaired) electrons. The summed E-state index contributed by atoms with van der Waals surface area (Å²) in [5.41, 5.74) is 0.503. The molecule has 102 valence electrons. The van der Waals surface area contributed by atoms with Gasteiger partial charge in [0, 0.05) is 12.0 Å². The predicted molar refractivity (Wildman–Crippen MR) is 67.7 cm³/mol. The summed E-state index contributed by atoms with van der Waals surface area (Å²) < 4.78 is 4.45. The van der Waals surface area contributed by atoms with Crippen LogP contribution in [0.25, 0.3) is 0 Å². The monoisotopic (exact) mass is 264 g/mol. The van der Waals surface area contributed by atoms with Crippen LogP contribution < -0.4 is 0 Å². The van der Waals surface area contributed by atoms with Crippen LogP contribution >= 0.6 is 0 Å². The van der Waals surface area contributed by atoms with Gasteiger partial charge >= 0.3 is 11.9 Å². The molecule has 0 bridgehead atoms. The van der Waals surface area contributed by atoms with E-state index in [-0.39, 0.29) is 12.2 Å². The summed E-state index contributed by atoms with van der Waals surface area (Å²) in [6.45, 7) is 1.55. The van der Waals surface area contributed by atoms with E-state index < -0.39 is 23.8 Å². The largest absolute Gasteiger partial charge is 0.481 e. The van der Waals surface area contributed by atoms with Crippen LogP contribution in [0.2, 0.25) is 0 Å². The molecule has 0 spiro atoms. The lowest BCUT2D eigenvalue weighted by atomic mass is 9.88. The Morgan fingerprint density at radius 3 is 2.26 bits per heavy atom. The fraction of sp³-hybridized carbons (Fsp3) is 0.357. The Hall–Kier alpha value is -2.17. The van der Waals surface area contributed by atoms with Crippen molar-refractivity contribution < 1.29 is 24.2 Å². The van der Waals surface area contributed by atoms with Gasteiger partial charge in [0.1, 0.15) is 0 Å². The Balaban J connectivity index is 2.77. The lowest BCUT2D eigenvalue weighted by Crippen LogP contribution is -2.32. The number of benzene rings is 1. The van der Waals surface area contributed by atoms with E-state index >= 15 is 0 Å². The molecule has 1 rings (SSSR count). The van der Waals surface area contributed by atoms with Gasteiger partial charge in [-0.05, 0) is 5.92 Å². The molecule has 0 heterocycles. The maximum Gasteiger partial charge on any atom is 0.320 e. The van der Waals surface area contributed by atoms with Crippen LogP contribution in [0, 0.1) is 11.8 Å². The molecule has 0 aliphatic heterocycles. The first-order valence-corrected chi connectivity index (χ1v) is 5.86. The highest BCUT2D eigenvalue weighted by atomic mass is 16.5. The molecule has 5 heteroatoms. The van der Waals surface area contributed by atoms with Crippen LogP contribution in [0.15, 0.2) is 30.3 Å². The predicted octanol–water partition coefficient (Wildman–Crippen LogP) is 1.77. The Bertz CT molecular complexity index is 466. The molecule has 2 unspecified atom stereocenters. The molecule has 1 N–H and O–H groups in total. The number of carbonyl (C=O) groups is 3. The van der Waals surface area contributed by atoms with E-state index in [2.05, 4.69) is 4.74 Å². The Labute approximate surface area is 111 Å². The van der Waals surface area contributed by atoms with Crippen molar-refractivity contribution in [1.29, 1.82) is 0 Å². The molecular formula is C14H16O5. The highest BCUT2D eigenvalue weighted by Crippen LogP contribution is 2.20. The zero-order valence-corrected chi connectivity index (χ0v) is 10.8. The van der Waals surface area contributed by atoms with Crippen LogP contribution in [0.4, 0.5) is 0 Å². The second-order valence-electron chi connectivity index (χ2n) is 4.31. The van der Waals surface area contributed by atoms with E-state index in [9.17, 15) is 14.4 Å². The standard InChI is InChI=1S/C14H16O5/c1-9(12(13(16)17)14(18)19-2)8-11(15)10-6-4-3-5-7-10/h3-7,9,12H,8H2,1-2H3,(H,16,17). The summed E-state index contributed by atoms with van der Waals surface area (Å²) in [7, 11) is 1.13. The lowest BCUT2D eigenvalue weighted by molar-refractivity contribution is -0.159. The van der Waals surface area contributed by atoms with E-state index in [4.69, 9.17) is 5.11 Å². The summed E-state index contributed by atoms with van der Waals surface area (Å²) >= 11 is 0. The first kappa shape index (κ1) is 14.9. The van der Waals surface area contributed by atoms with Crippen molar-refractivity contribution >= 4 is 17.7 Å². The summed E-state index contributed by atoms with van der Waals surface area (Å²) in [5.74, 6) is -4.25. The SMILES string of the molecule is COC(=O)C(C(=O)O)C(C)CC(=O)c1ccccc1. The van der Waals surface area contributed by atoms with Crippen LogP contribution in [0.5, 0.6) is 0 Å². The first-order valence-electron chi connectivity index (χ1n) is 5.86. The van der Waals surface area contributed by atoms with E-state index in [0.29, 0.717) is 5.56 Å². The van der Waals surface area contributed by atoms with Gasteiger partial charge < -0.3 is 9.84 Å². The van der Waals surface area contributed by atoms with Gasteiger partial charge in [0.25, 0.3) is 0 Å². The van der Waals surface area contributed by atoms with Crippen molar-refractivity contribution in [1.82, 2.24) is 0 Å². The fourth-order valence-electron chi connectivity index (χ4n) is 1.86. The number of ether oxygens (including phenoxy) is 1. The Kier molecular flexibility index (Phi) is 5.23. The zero-order valence-electron chi connectivity index (χ0n) is 10.8. The molecule has 0 aliphatic rings. The molecule has 1 aromatic rings. The number of hydrogen-bond acceptors (Lipinski definition) is 4. The van der Waals surface area contributed by atoms with Gasteiger partial charge in [-0.15, -0.1) is 0 Å². The third kappa shape index (κ3) is 3.91. The number of aliphatic carboxylic acids is 1. The molecular weight excluding hydrogens is 248 g/mol. The number of Topliss-reactive ketones (excluding diaryl/α,β-unsaturated/α-hetero) is 1. The quantitative estimate of drug-likeness (QED) is 0.481. The van der Waals surface area contributed by atoms with Crippen LogP contribution in [-0.2, 0) is 14.3 Å². The van der Waals surface area contributed by atoms with E-state index in [1.54, 1.807) is 37.3 Å². The number of hydrogen-bond donors (Lipinski definition) is 1. The first-order chi connectivity index (χ1) is 8.97. The number of carboxylic acid groups (broad SMARTS) is 1. The number of carboxylic acids is 1. The molecule has 0 aromatic heterocycles. The summed E-state index contributed by atoms with van der Waals surface area (Å²) in [4.78, 5) is 34.4. The van der Waals surface area contributed by atoms with E-state index in [1.165, 1.54) is 0 Å². The average molecular weight is 264 g/mol. The number of esters is 1. The number of methoxy groups -OCH3 is 1. The Morgan fingerprint density at radius 2 is 1.79 bits per heavy atom. The minimum absolute atomic E-state index is 0.0178. The van der Waals surface area contributed by atoms with Crippen molar-refractivity contribution in [3.8, 4) is 0 Å². The number of carbonyl (C=O) groups excluding carboxylic acids is 2. The van der Waals surface area contributed by atoms with Gasteiger partial charge in [-0.25, -0.2) is 0 Å². The van der Waals surface area contributed by atoms with Gasteiger partial charge in [0.05, 0.1) is 7.11 Å². The van der Waals surface area contributed by atoms with Crippen molar-refractivity contribution in [2.45, 2.75) is 13.3 Å².